The molecule has 2 N–H and O–H groups in total. The van der Waals surface area contributed by atoms with Gasteiger partial charge in [0.1, 0.15) is 0 Å². The van der Waals surface area contributed by atoms with E-state index in [2.05, 4.69) is 5.32 Å². The lowest BCUT2D eigenvalue weighted by Gasteiger charge is -2.20. The standard InChI is InChI=1S/C21H23NO5/c1-26-18-10-9-14(11-19(18)27-2)17(12-20(23)24)22-21(25)16-8-4-6-13-5-3-7-15(13)16/h4,6,8-11,17H,3,5,7,12H2,1-2H3,(H,22,25)(H,23,24). The average Bonchev–Trinajstić information content (AvgIpc) is 3.15. The molecule has 0 bridgehead atoms. The van der Waals surface area contributed by atoms with Gasteiger partial charge in [-0.3, -0.25) is 9.59 Å². The normalized spacial score (nSPS) is 13.6. The Labute approximate surface area is 158 Å². The lowest BCUT2D eigenvalue weighted by atomic mass is 10.00. The number of hydrogen-bond acceptors (Lipinski definition) is 4. The van der Waals surface area contributed by atoms with Gasteiger partial charge in [0, 0.05) is 5.56 Å². The van der Waals surface area contributed by atoms with E-state index < -0.39 is 12.0 Å². The number of carbonyl (C=O) groups is 2. The van der Waals surface area contributed by atoms with E-state index in [4.69, 9.17) is 9.47 Å². The maximum atomic E-state index is 12.9. The molecule has 1 unspecified atom stereocenters. The summed E-state index contributed by atoms with van der Waals surface area (Å²) in [5.41, 5.74) is 3.54. The minimum absolute atomic E-state index is 0.226. The Hall–Kier alpha value is -3.02. The summed E-state index contributed by atoms with van der Waals surface area (Å²) >= 11 is 0. The van der Waals surface area contributed by atoms with Crippen LogP contribution in [0.4, 0.5) is 0 Å². The van der Waals surface area contributed by atoms with Crippen molar-refractivity contribution in [2.24, 2.45) is 0 Å². The van der Waals surface area contributed by atoms with Gasteiger partial charge >= 0.3 is 5.97 Å². The molecule has 6 nitrogen and oxygen atoms in total. The fraction of sp³-hybridized carbons (Fsp3) is 0.333. The third kappa shape index (κ3) is 4.05. The van der Waals surface area contributed by atoms with Crippen LogP contribution >= 0.6 is 0 Å². The van der Waals surface area contributed by atoms with Gasteiger partial charge in [-0.05, 0) is 54.2 Å². The van der Waals surface area contributed by atoms with Gasteiger partial charge in [-0.1, -0.05) is 18.2 Å². The van der Waals surface area contributed by atoms with Crippen LogP contribution in [-0.4, -0.2) is 31.2 Å². The Balaban J connectivity index is 1.89. The van der Waals surface area contributed by atoms with E-state index in [1.54, 1.807) is 24.3 Å². The number of carboxylic acids is 1. The number of benzene rings is 2. The Morgan fingerprint density at radius 3 is 2.59 bits per heavy atom. The summed E-state index contributed by atoms with van der Waals surface area (Å²) in [4.78, 5) is 24.2. The van der Waals surface area contributed by atoms with E-state index in [0.717, 1.165) is 24.8 Å². The van der Waals surface area contributed by atoms with Gasteiger partial charge < -0.3 is 19.9 Å². The van der Waals surface area contributed by atoms with Crippen molar-refractivity contribution in [2.45, 2.75) is 31.7 Å². The molecule has 1 atom stereocenters. The zero-order chi connectivity index (χ0) is 19.4. The summed E-state index contributed by atoms with van der Waals surface area (Å²) in [6.07, 6.45) is 2.66. The molecule has 0 radical (unpaired) electrons. The third-order valence-corrected chi connectivity index (χ3v) is 4.88. The zero-order valence-electron chi connectivity index (χ0n) is 15.5. The monoisotopic (exact) mass is 369 g/mol. The molecule has 0 heterocycles. The molecule has 142 valence electrons. The van der Waals surface area contributed by atoms with Crippen molar-refractivity contribution in [3.8, 4) is 11.5 Å². The van der Waals surface area contributed by atoms with E-state index >= 15 is 0 Å². The largest absolute Gasteiger partial charge is 0.493 e. The number of rotatable bonds is 7. The molecule has 0 saturated heterocycles. The third-order valence-electron chi connectivity index (χ3n) is 4.88. The zero-order valence-corrected chi connectivity index (χ0v) is 15.5. The Bertz CT molecular complexity index is 862. The van der Waals surface area contributed by atoms with Gasteiger partial charge in [-0.2, -0.15) is 0 Å². The van der Waals surface area contributed by atoms with Gasteiger partial charge in [0.15, 0.2) is 11.5 Å². The van der Waals surface area contributed by atoms with Crippen LogP contribution in [0.1, 0.15) is 45.9 Å². The molecule has 2 aromatic carbocycles. The Morgan fingerprint density at radius 2 is 1.89 bits per heavy atom. The number of amides is 1. The van der Waals surface area contributed by atoms with Crippen LogP contribution in [0.25, 0.3) is 0 Å². The van der Waals surface area contributed by atoms with Gasteiger partial charge in [0.2, 0.25) is 0 Å². The number of hydrogen-bond donors (Lipinski definition) is 2. The SMILES string of the molecule is COc1ccc(C(CC(=O)O)NC(=O)c2cccc3c2CCC3)cc1OC. The topological polar surface area (TPSA) is 84.9 Å². The highest BCUT2D eigenvalue weighted by Crippen LogP contribution is 2.31. The van der Waals surface area contributed by atoms with E-state index in [9.17, 15) is 14.7 Å². The van der Waals surface area contributed by atoms with Crippen molar-refractivity contribution < 1.29 is 24.2 Å². The summed E-state index contributed by atoms with van der Waals surface area (Å²) < 4.78 is 10.5. The Kier molecular flexibility index (Phi) is 5.64. The van der Waals surface area contributed by atoms with Crippen LogP contribution in [0.2, 0.25) is 0 Å². The van der Waals surface area contributed by atoms with E-state index in [0.29, 0.717) is 22.6 Å². The molecule has 1 amide bonds. The molecule has 3 rings (SSSR count). The first-order valence-electron chi connectivity index (χ1n) is 8.88. The number of carboxylic acid groups (broad SMARTS) is 1. The van der Waals surface area contributed by atoms with Gasteiger partial charge in [0.25, 0.3) is 5.91 Å². The van der Waals surface area contributed by atoms with Crippen molar-refractivity contribution in [1.29, 1.82) is 0 Å². The number of fused-ring (bicyclic) bond motifs is 1. The van der Waals surface area contributed by atoms with Crippen molar-refractivity contribution in [3.63, 3.8) is 0 Å². The fourth-order valence-electron chi connectivity index (χ4n) is 3.56. The number of methoxy groups -OCH3 is 2. The van der Waals surface area contributed by atoms with Crippen LogP contribution in [-0.2, 0) is 17.6 Å². The van der Waals surface area contributed by atoms with Crippen LogP contribution < -0.4 is 14.8 Å². The van der Waals surface area contributed by atoms with E-state index in [1.807, 2.05) is 12.1 Å². The molecule has 0 aromatic heterocycles. The lowest BCUT2D eigenvalue weighted by Crippen LogP contribution is -2.31. The molecule has 27 heavy (non-hydrogen) atoms. The van der Waals surface area contributed by atoms with Crippen molar-refractivity contribution in [2.75, 3.05) is 14.2 Å². The number of carbonyl (C=O) groups excluding carboxylic acids is 1. The smallest absolute Gasteiger partial charge is 0.305 e. The fourth-order valence-corrected chi connectivity index (χ4v) is 3.56. The first-order chi connectivity index (χ1) is 13.0. The molecule has 2 aromatic rings. The van der Waals surface area contributed by atoms with Crippen LogP contribution in [0, 0.1) is 0 Å². The first-order valence-corrected chi connectivity index (χ1v) is 8.88. The molecular weight excluding hydrogens is 346 g/mol. The summed E-state index contributed by atoms with van der Waals surface area (Å²) in [7, 11) is 3.05. The minimum Gasteiger partial charge on any atom is -0.493 e. The molecular formula is C21H23NO5. The number of aryl methyl sites for hydroxylation is 1. The minimum atomic E-state index is -0.992. The number of ether oxygens (including phenoxy) is 2. The lowest BCUT2D eigenvalue weighted by molar-refractivity contribution is -0.137. The highest BCUT2D eigenvalue weighted by atomic mass is 16.5. The van der Waals surface area contributed by atoms with Crippen LogP contribution in [0.5, 0.6) is 11.5 Å². The average molecular weight is 369 g/mol. The molecule has 0 aliphatic heterocycles. The molecule has 0 saturated carbocycles. The van der Waals surface area contributed by atoms with Gasteiger partial charge in [0.05, 0.1) is 26.7 Å². The number of nitrogens with one attached hydrogen (secondary N) is 1. The summed E-state index contributed by atoms with van der Waals surface area (Å²) in [6.45, 7) is 0. The van der Waals surface area contributed by atoms with E-state index in [-0.39, 0.29) is 12.3 Å². The maximum absolute atomic E-state index is 12.9. The van der Waals surface area contributed by atoms with Gasteiger partial charge in [-0.25, -0.2) is 0 Å². The Morgan fingerprint density at radius 1 is 1.11 bits per heavy atom. The highest BCUT2D eigenvalue weighted by Gasteiger charge is 2.24. The second-order valence-electron chi connectivity index (χ2n) is 6.54. The van der Waals surface area contributed by atoms with Crippen LogP contribution in [0.3, 0.4) is 0 Å². The maximum Gasteiger partial charge on any atom is 0.305 e. The highest BCUT2D eigenvalue weighted by molar-refractivity contribution is 5.96. The van der Waals surface area contributed by atoms with Gasteiger partial charge in [-0.15, -0.1) is 0 Å². The van der Waals surface area contributed by atoms with Crippen molar-refractivity contribution >= 4 is 11.9 Å². The summed E-state index contributed by atoms with van der Waals surface area (Å²) in [6, 6.07) is 10.2. The molecule has 1 aliphatic rings. The quantitative estimate of drug-likeness (QED) is 0.783. The second kappa shape index (κ2) is 8.12. The summed E-state index contributed by atoms with van der Waals surface area (Å²) in [5, 5.41) is 12.2. The second-order valence-corrected chi connectivity index (χ2v) is 6.54. The number of aliphatic carboxylic acids is 1. The summed E-state index contributed by atoms with van der Waals surface area (Å²) in [5.74, 6) is -0.217. The molecule has 0 fully saturated rings. The first kappa shape index (κ1) is 18.8. The van der Waals surface area contributed by atoms with Crippen LogP contribution in [0.15, 0.2) is 36.4 Å². The predicted molar refractivity (Wildman–Crippen MR) is 100 cm³/mol. The molecule has 6 heteroatoms. The molecule has 1 aliphatic carbocycles. The van der Waals surface area contributed by atoms with Crippen molar-refractivity contribution in [3.05, 3.63) is 58.7 Å². The van der Waals surface area contributed by atoms with E-state index in [1.165, 1.54) is 19.8 Å². The van der Waals surface area contributed by atoms with Crippen molar-refractivity contribution in [1.82, 2.24) is 5.32 Å². The predicted octanol–water partition coefficient (Wildman–Crippen LogP) is 3.14. The molecule has 0 spiro atoms.